The largest absolute Gasteiger partial charge is 0.379 e. The maximum atomic E-state index is 13.9. The van der Waals surface area contributed by atoms with E-state index in [2.05, 4.69) is 34.4 Å². The number of nitrogens with zero attached hydrogens (tertiary/aromatic N) is 2. The first-order valence-corrected chi connectivity index (χ1v) is 9.63. The van der Waals surface area contributed by atoms with Crippen molar-refractivity contribution in [2.45, 2.75) is 38.3 Å². The lowest BCUT2D eigenvalue weighted by Gasteiger charge is -2.37. The van der Waals surface area contributed by atoms with Crippen LogP contribution in [-0.2, 0) is 4.74 Å². The summed E-state index contributed by atoms with van der Waals surface area (Å²) >= 11 is 0. The van der Waals surface area contributed by atoms with Crippen LogP contribution in [0, 0.1) is 11.7 Å². The van der Waals surface area contributed by atoms with Crippen LogP contribution >= 0.6 is 24.0 Å². The highest BCUT2D eigenvalue weighted by molar-refractivity contribution is 14.0. The van der Waals surface area contributed by atoms with E-state index >= 15 is 0 Å². The topological polar surface area (TPSA) is 48.9 Å². The number of nitrogens with one attached hydrogen (secondary N) is 2. The number of rotatable bonds is 6. The first kappa shape index (κ1) is 22.4. The highest BCUT2D eigenvalue weighted by Gasteiger charge is 2.40. The molecule has 152 valence electrons. The summed E-state index contributed by atoms with van der Waals surface area (Å²) in [6.45, 7) is 8.93. The Balaban J connectivity index is 0.00000261. The Bertz CT molecular complexity index is 622. The van der Waals surface area contributed by atoms with Crippen LogP contribution in [0.25, 0.3) is 0 Å². The molecule has 1 heterocycles. The molecule has 5 nitrogen and oxygen atoms in total. The minimum Gasteiger partial charge on any atom is -0.379 e. The predicted molar refractivity (Wildman–Crippen MR) is 118 cm³/mol. The summed E-state index contributed by atoms with van der Waals surface area (Å²) < 4.78 is 19.4. The third-order valence-electron chi connectivity index (χ3n) is 5.40. The number of morpholine rings is 1. The second-order valence-corrected chi connectivity index (χ2v) is 7.53. The fraction of sp³-hybridized carbons (Fsp3) is 0.650. The van der Waals surface area contributed by atoms with Crippen LogP contribution in [0.2, 0.25) is 0 Å². The lowest BCUT2D eigenvalue weighted by molar-refractivity contribution is 0.00752. The molecule has 2 aliphatic rings. The lowest BCUT2D eigenvalue weighted by atomic mass is 10.0. The van der Waals surface area contributed by atoms with Crippen LogP contribution in [-0.4, -0.2) is 62.8 Å². The van der Waals surface area contributed by atoms with Gasteiger partial charge in [0, 0.05) is 44.7 Å². The Labute approximate surface area is 179 Å². The summed E-state index contributed by atoms with van der Waals surface area (Å²) in [6, 6.07) is 7.74. The van der Waals surface area contributed by atoms with E-state index in [-0.39, 0.29) is 41.8 Å². The smallest absolute Gasteiger partial charge is 0.191 e. The van der Waals surface area contributed by atoms with Gasteiger partial charge in [-0.1, -0.05) is 32.0 Å². The third kappa shape index (κ3) is 6.02. The van der Waals surface area contributed by atoms with Crippen LogP contribution < -0.4 is 10.6 Å². The second kappa shape index (κ2) is 10.6. The number of guanidine groups is 1. The van der Waals surface area contributed by atoms with Gasteiger partial charge >= 0.3 is 0 Å². The molecule has 3 rings (SSSR count). The molecule has 1 saturated carbocycles. The maximum absolute atomic E-state index is 13.9. The summed E-state index contributed by atoms with van der Waals surface area (Å²) in [7, 11) is 1.79. The number of hydrogen-bond acceptors (Lipinski definition) is 3. The Morgan fingerprint density at radius 3 is 2.63 bits per heavy atom. The zero-order chi connectivity index (χ0) is 18.5. The summed E-state index contributed by atoms with van der Waals surface area (Å²) in [5.74, 6) is 1.46. The molecule has 0 spiro atoms. The minimum atomic E-state index is -0.114. The molecule has 27 heavy (non-hydrogen) atoms. The van der Waals surface area contributed by atoms with Gasteiger partial charge in [0.1, 0.15) is 5.82 Å². The summed E-state index contributed by atoms with van der Waals surface area (Å²) in [6.07, 6.45) is 0.943. The molecule has 0 aromatic heterocycles. The van der Waals surface area contributed by atoms with E-state index in [4.69, 9.17) is 4.74 Å². The quantitative estimate of drug-likeness (QED) is 0.366. The normalized spacial score (nSPS) is 24.3. The zero-order valence-electron chi connectivity index (χ0n) is 16.5. The van der Waals surface area contributed by atoms with Crippen molar-refractivity contribution in [2.75, 3.05) is 39.9 Å². The summed E-state index contributed by atoms with van der Waals surface area (Å²) in [5, 5.41) is 6.91. The van der Waals surface area contributed by atoms with E-state index in [0.717, 1.165) is 50.8 Å². The van der Waals surface area contributed by atoms with Crippen LogP contribution in [0.5, 0.6) is 0 Å². The monoisotopic (exact) mass is 490 g/mol. The predicted octanol–water partition coefficient (Wildman–Crippen LogP) is 2.82. The molecule has 0 radical (unpaired) electrons. The van der Waals surface area contributed by atoms with Gasteiger partial charge in [-0.15, -0.1) is 24.0 Å². The van der Waals surface area contributed by atoms with Gasteiger partial charge in [-0.3, -0.25) is 9.89 Å². The Kier molecular flexibility index (Phi) is 8.75. The van der Waals surface area contributed by atoms with E-state index in [1.54, 1.807) is 13.1 Å². The summed E-state index contributed by atoms with van der Waals surface area (Å²) in [4.78, 5) is 6.85. The van der Waals surface area contributed by atoms with Gasteiger partial charge in [0.25, 0.3) is 0 Å². The van der Waals surface area contributed by atoms with Gasteiger partial charge in [-0.05, 0) is 24.0 Å². The molecule has 1 saturated heterocycles. The number of halogens is 2. The molecule has 1 aromatic carbocycles. The van der Waals surface area contributed by atoms with E-state index in [1.807, 2.05) is 12.1 Å². The first-order chi connectivity index (χ1) is 12.6. The van der Waals surface area contributed by atoms with E-state index in [1.165, 1.54) is 6.07 Å². The molecule has 0 bridgehead atoms. The Morgan fingerprint density at radius 2 is 2.00 bits per heavy atom. The van der Waals surface area contributed by atoms with Crippen molar-refractivity contribution in [1.29, 1.82) is 0 Å². The number of benzene rings is 1. The van der Waals surface area contributed by atoms with Crippen LogP contribution in [0.3, 0.4) is 0 Å². The van der Waals surface area contributed by atoms with Crippen molar-refractivity contribution in [1.82, 2.24) is 15.5 Å². The molecule has 3 unspecified atom stereocenters. The molecule has 7 heteroatoms. The van der Waals surface area contributed by atoms with Gasteiger partial charge in [-0.2, -0.15) is 0 Å². The van der Waals surface area contributed by atoms with E-state index in [9.17, 15) is 4.39 Å². The fourth-order valence-electron chi connectivity index (χ4n) is 3.74. The van der Waals surface area contributed by atoms with Gasteiger partial charge in [0.05, 0.1) is 13.2 Å². The number of hydrogen-bond donors (Lipinski definition) is 2. The molecule has 1 aromatic rings. The first-order valence-electron chi connectivity index (χ1n) is 9.63. The standard InChI is InChI=1S/C20H31FN4O.HI/c1-14(2)19(25-8-10-26-11-9-25)13-23-20(22-3)24-18-12-16(18)15-6-4-5-7-17(15)21;/h4-7,14,16,18-19H,8-13H2,1-3H3,(H2,22,23,24);1H. The Hall–Kier alpha value is -0.930. The SMILES string of the molecule is CN=C(NCC(C(C)C)N1CCOCC1)NC1CC1c1ccccc1F.I. The van der Waals surface area contributed by atoms with Gasteiger partial charge < -0.3 is 15.4 Å². The van der Waals surface area contributed by atoms with Crippen molar-refractivity contribution >= 4 is 29.9 Å². The minimum absolute atomic E-state index is 0. The zero-order valence-corrected chi connectivity index (χ0v) is 18.8. The van der Waals surface area contributed by atoms with Crippen molar-refractivity contribution in [2.24, 2.45) is 10.9 Å². The molecule has 1 aliphatic heterocycles. The average molecular weight is 490 g/mol. The molecule has 3 atom stereocenters. The van der Waals surface area contributed by atoms with Crippen LogP contribution in [0.1, 0.15) is 31.7 Å². The van der Waals surface area contributed by atoms with Gasteiger partial charge in [0.2, 0.25) is 0 Å². The molecule has 2 N–H and O–H groups in total. The van der Waals surface area contributed by atoms with Crippen molar-refractivity contribution in [3.63, 3.8) is 0 Å². The average Bonchev–Trinajstić information content (AvgIpc) is 3.40. The molecule has 2 fully saturated rings. The van der Waals surface area contributed by atoms with Gasteiger partial charge in [-0.25, -0.2) is 4.39 Å². The second-order valence-electron chi connectivity index (χ2n) is 7.53. The lowest BCUT2D eigenvalue weighted by Crippen LogP contribution is -2.52. The molecule has 0 amide bonds. The third-order valence-corrected chi connectivity index (χ3v) is 5.40. The van der Waals surface area contributed by atoms with Crippen molar-refractivity contribution in [3.8, 4) is 0 Å². The van der Waals surface area contributed by atoms with Crippen molar-refractivity contribution in [3.05, 3.63) is 35.6 Å². The van der Waals surface area contributed by atoms with Crippen molar-refractivity contribution < 1.29 is 9.13 Å². The highest BCUT2D eigenvalue weighted by atomic mass is 127. The molecular formula is C20H32FIN4O. The number of ether oxygens (including phenoxy) is 1. The number of aliphatic imine (C=N–C) groups is 1. The van der Waals surface area contributed by atoms with Crippen LogP contribution in [0.15, 0.2) is 29.3 Å². The highest BCUT2D eigenvalue weighted by Crippen LogP contribution is 2.41. The van der Waals surface area contributed by atoms with E-state index < -0.39 is 0 Å². The van der Waals surface area contributed by atoms with E-state index in [0.29, 0.717) is 12.0 Å². The molecular weight excluding hydrogens is 458 g/mol. The maximum Gasteiger partial charge on any atom is 0.191 e. The summed E-state index contributed by atoms with van der Waals surface area (Å²) in [5.41, 5.74) is 0.800. The van der Waals surface area contributed by atoms with Crippen LogP contribution in [0.4, 0.5) is 4.39 Å². The Morgan fingerprint density at radius 1 is 1.30 bits per heavy atom. The molecule has 1 aliphatic carbocycles. The van der Waals surface area contributed by atoms with Gasteiger partial charge in [0.15, 0.2) is 5.96 Å². The fourth-order valence-corrected chi connectivity index (χ4v) is 3.74.